The molecule has 0 spiro atoms. The number of halogens is 1. The molecule has 0 saturated heterocycles. The number of aromatic nitrogens is 1. The zero-order valence-electron chi connectivity index (χ0n) is 11.3. The Morgan fingerprint density at radius 3 is 2.71 bits per heavy atom. The molecule has 0 aliphatic rings. The van der Waals surface area contributed by atoms with Crippen molar-refractivity contribution < 1.29 is 14.6 Å². The summed E-state index contributed by atoms with van der Waals surface area (Å²) in [6, 6.07) is 12.5. The van der Waals surface area contributed by atoms with Gasteiger partial charge in [-0.2, -0.15) is 4.73 Å². The van der Waals surface area contributed by atoms with E-state index in [9.17, 15) is 10.3 Å². The Labute approximate surface area is 132 Å². The van der Waals surface area contributed by atoms with Crippen LogP contribution in [0.4, 0.5) is 0 Å². The van der Waals surface area contributed by atoms with Crippen molar-refractivity contribution in [3.8, 4) is 0 Å². The maximum atomic E-state index is 11.4. The monoisotopic (exact) mass is 325 g/mol. The van der Waals surface area contributed by atoms with Crippen molar-refractivity contribution in [1.82, 2.24) is 0 Å². The van der Waals surface area contributed by atoms with Gasteiger partial charge in [0.15, 0.2) is 6.20 Å². The second-order valence-corrected chi connectivity index (χ2v) is 5.95. The highest BCUT2D eigenvalue weighted by atomic mass is 35.5. The molecule has 21 heavy (non-hydrogen) atoms. The first-order valence-corrected chi connectivity index (χ1v) is 7.83. The normalized spacial score (nSPS) is 12.3. The number of pyridine rings is 1. The number of hydrogen-bond donors (Lipinski definition) is 1. The van der Waals surface area contributed by atoms with Crippen LogP contribution < -0.4 is 4.73 Å². The molecule has 6 heteroatoms. The summed E-state index contributed by atoms with van der Waals surface area (Å²) in [6.45, 7) is 0.646. The molecule has 0 amide bonds. The number of aliphatic hydroxyl groups excluding tert-OH is 1. The number of ether oxygens (including phenoxy) is 1. The van der Waals surface area contributed by atoms with Crippen LogP contribution in [0.15, 0.2) is 53.7 Å². The predicted molar refractivity (Wildman–Crippen MR) is 83.2 cm³/mol. The molecule has 0 aliphatic carbocycles. The average molecular weight is 326 g/mol. The lowest BCUT2D eigenvalue weighted by Crippen LogP contribution is -2.28. The van der Waals surface area contributed by atoms with Crippen LogP contribution in [-0.4, -0.2) is 23.6 Å². The third-order valence-electron chi connectivity index (χ3n) is 2.70. The largest absolute Gasteiger partial charge is 0.618 e. The Bertz CT molecular complexity index is 565. The van der Waals surface area contributed by atoms with Crippen molar-refractivity contribution in [2.24, 2.45) is 0 Å². The summed E-state index contributed by atoms with van der Waals surface area (Å²) in [5.41, 5.74) is 1.000. The number of aliphatic hydroxyl groups is 1. The standard InChI is InChI=1S/C15H16ClNO3S/c16-13-6-4-12(5-7-13)9-20-10-14(18)11-21-15-3-1-2-8-17(15)19/h1-8,14,18H,9-11H2. The molecule has 112 valence electrons. The smallest absolute Gasteiger partial charge is 0.251 e. The van der Waals surface area contributed by atoms with E-state index in [1.54, 1.807) is 30.3 Å². The number of hydrogen-bond acceptors (Lipinski definition) is 4. The van der Waals surface area contributed by atoms with Crippen molar-refractivity contribution in [3.05, 3.63) is 64.5 Å². The van der Waals surface area contributed by atoms with Crippen LogP contribution in [0, 0.1) is 5.21 Å². The molecule has 1 aromatic carbocycles. The van der Waals surface area contributed by atoms with E-state index in [0.29, 0.717) is 22.4 Å². The molecule has 1 unspecified atom stereocenters. The molecule has 1 aromatic heterocycles. The van der Waals surface area contributed by atoms with E-state index < -0.39 is 6.10 Å². The minimum atomic E-state index is -0.623. The van der Waals surface area contributed by atoms with Gasteiger partial charge in [-0.15, -0.1) is 0 Å². The maximum absolute atomic E-state index is 11.4. The van der Waals surface area contributed by atoms with Crippen LogP contribution in [0.5, 0.6) is 0 Å². The second kappa shape index (κ2) is 8.24. The summed E-state index contributed by atoms with van der Waals surface area (Å²) in [7, 11) is 0. The van der Waals surface area contributed by atoms with Crippen LogP contribution >= 0.6 is 23.4 Å². The lowest BCUT2D eigenvalue weighted by Gasteiger charge is -2.11. The highest BCUT2D eigenvalue weighted by Gasteiger charge is 2.10. The van der Waals surface area contributed by atoms with E-state index in [-0.39, 0.29) is 6.61 Å². The van der Waals surface area contributed by atoms with Gasteiger partial charge in [-0.3, -0.25) is 0 Å². The number of thioether (sulfide) groups is 1. The van der Waals surface area contributed by atoms with Gasteiger partial charge in [0.1, 0.15) is 0 Å². The van der Waals surface area contributed by atoms with Crippen LogP contribution in [0.2, 0.25) is 5.02 Å². The fourth-order valence-electron chi connectivity index (χ4n) is 1.65. The van der Waals surface area contributed by atoms with E-state index in [0.717, 1.165) is 10.3 Å². The Hall–Kier alpha value is -1.27. The zero-order valence-corrected chi connectivity index (χ0v) is 12.9. The summed E-state index contributed by atoms with van der Waals surface area (Å²) in [5, 5.41) is 22.5. The third kappa shape index (κ3) is 5.55. The van der Waals surface area contributed by atoms with Gasteiger partial charge in [0.05, 0.1) is 19.3 Å². The minimum Gasteiger partial charge on any atom is -0.618 e. The summed E-state index contributed by atoms with van der Waals surface area (Å²) in [6.07, 6.45) is 0.814. The van der Waals surface area contributed by atoms with Gasteiger partial charge in [0, 0.05) is 22.9 Å². The predicted octanol–water partition coefficient (Wildman–Crippen LogP) is 2.64. The van der Waals surface area contributed by atoms with Gasteiger partial charge < -0.3 is 15.1 Å². The Kier molecular flexibility index (Phi) is 6.32. The molecule has 4 nitrogen and oxygen atoms in total. The van der Waals surface area contributed by atoms with Crippen molar-refractivity contribution in [2.45, 2.75) is 17.7 Å². The minimum absolute atomic E-state index is 0.224. The molecule has 2 aromatic rings. The summed E-state index contributed by atoms with van der Waals surface area (Å²) >= 11 is 7.10. The van der Waals surface area contributed by atoms with Crippen molar-refractivity contribution in [1.29, 1.82) is 0 Å². The summed E-state index contributed by atoms with van der Waals surface area (Å²) in [4.78, 5) is 0. The van der Waals surface area contributed by atoms with Crippen LogP contribution in [0.1, 0.15) is 5.56 Å². The summed E-state index contributed by atoms with van der Waals surface area (Å²) in [5.74, 6) is 0.410. The van der Waals surface area contributed by atoms with E-state index in [1.807, 2.05) is 12.1 Å². The van der Waals surface area contributed by atoms with E-state index in [1.165, 1.54) is 18.0 Å². The van der Waals surface area contributed by atoms with Gasteiger partial charge in [-0.1, -0.05) is 35.5 Å². The maximum Gasteiger partial charge on any atom is 0.251 e. The molecule has 0 radical (unpaired) electrons. The van der Waals surface area contributed by atoms with Crippen molar-refractivity contribution in [2.75, 3.05) is 12.4 Å². The van der Waals surface area contributed by atoms with Crippen LogP contribution in [0.25, 0.3) is 0 Å². The number of benzene rings is 1. The Balaban J connectivity index is 1.69. The Morgan fingerprint density at radius 2 is 2.00 bits per heavy atom. The van der Waals surface area contributed by atoms with Gasteiger partial charge in [-0.25, -0.2) is 0 Å². The highest BCUT2D eigenvalue weighted by Crippen LogP contribution is 2.14. The molecule has 0 bridgehead atoms. The molecule has 1 heterocycles. The molecule has 1 atom stereocenters. The van der Waals surface area contributed by atoms with Gasteiger partial charge in [0.25, 0.3) is 5.03 Å². The van der Waals surface area contributed by atoms with E-state index in [2.05, 4.69) is 0 Å². The topological polar surface area (TPSA) is 56.4 Å². The van der Waals surface area contributed by atoms with Gasteiger partial charge in [0.2, 0.25) is 0 Å². The first-order valence-electron chi connectivity index (χ1n) is 6.46. The van der Waals surface area contributed by atoms with Gasteiger partial charge >= 0.3 is 0 Å². The highest BCUT2D eigenvalue weighted by molar-refractivity contribution is 7.99. The fraction of sp³-hybridized carbons (Fsp3) is 0.267. The van der Waals surface area contributed by atoms with Crippen LogP contribution in [-0.2, 0) is 11.3 Å². The summed E-state index contributed by atoms with van der Waals surface area (Å²) < 4.78 is 6.23. The van der Waals surface area contributed by atoms with Gasteiger partial charge in [-0.05, 0) is 23.8 Å². The first kappa shape index (κ1) is 16.1. The molecule has 0 saturated carbocycles. The quantitative estimate of drug-likeness (QED) is 0.483. The lowest BCUT2D eigenvalue weighted by atomic mass is 10.2. The molecule has 0 aliphatic heterocycles. The molecule has 2 rings (SSSR count). The molecule has 1 N–H and O–H groups in total. The fourth-order valence-corrected chi connectivity index (χ4v) is 2.60. The third-order valence-corrected chi connectivity index (χ3v) is 4.12. The lowest BCUT2D eigenvalue weighted by molar-refractivity contribution is -0.645. The average Bonchev–Trinajstić information content (AvgIpc) is 2.48. The zero-order chi connectivity index (χ0) is 15.1. The molecule has 0 fully saturated rings. The van der Waals surface area contributed by atoms with Crippen molar-refractivity contribution >= 4 is 23.4 Å². The van der Waals surface area contributed by atoms with E-state index in [4.69, 9.17) is 16.3 Å². The number of nitrogens with zero attached hydrogens (tertiary/aromatic N) is 1. The van der Waals surface area contributed by atoms with Crippen molar-refractivity contribution in [3.63, 3.8) is 0 Å². The van der Waals surface area contributed by atoms with Crippen LogP contribution in [0.3, 0.4) is 0 Å². The van der Waals surface area contributed by atoms with E-state index >= 15 is 0 Å². The SMILES string of the molecule is [O-][n+]1ccccc1SCC(O)COCc1ccc(Cl)cc1. The number of rotatable bonds is 7. The first-order chi connectivity index (χ1) is 10.1. The second-order valence-electron chi connectivity index (χ2n) is 4.47. The Morgan fingerprint density at radius 1 is 1.24 bits per heavy atom. The molecular formula is C15H16ClNO3S. The molecular weight excluding hydrogens is 310 g/mol.